The smallest absolute Gasteiger partial charge is 0.277 e. The molecule has 2 heterocycles. The van der Waals surface area contributed by atoms with E-state index in [0.29, 0.717) is 35.0 Å². The van der Waals surface area contributed by atoms with E-state index >= 15 is 0 Å². The first-order valence-corrected chi connectivity index (χ1v) is 8.35. The minimum atomic E-state index is -0.424. The fraction of sp³-hybridized carbons (Fsp3) is 0.176. The van der Waals surface area contributed by atoms with Crippen molar-refractivity contribution in [3.63, 3.8) is 0 Å². The molecule has 0 spiro atoms. The maximum absolute atomic E-state index is 12.9. The number of ether oxygens (including phenoxy) is 2. The lowest BCUT2D eigenvalue weighted by molar-refractivity contribution is 0.0686. The first kappa shape index (κ1) is 15.0. The molecule has 122 valence electrons. The van der Waals surface area contributed by atoms with Gasteiger partial charge in [0.25, 0.3) is 11.1 Å². The highest BCUT2D eigenvalue weighted by molar-refractivity contribution is 7.98. The first-order chi connectivity index (χ1) is 11.8. The van der Waals surface area contributed by atoms with Gasteiger partial charge in [-0.25, -0.2) is 4.39 Å². The van der Waals surface area contributed by atoms with Gasteiger partial charge in [0.2, 0.25) is 6.10 Å². The maximum Gasteiger partial charge on any atom is 0.277 e. The van der Waals surface area contributed by atoms with Gasteiger partial charge in [-0.3, -0.25) is 0 Å². The van der Waals surface area contributed by atoms with Gasteiger partial charge in [0.15, 0.2) is 11.5 Å². The molecule has 0 aliphatic carbocycles. The number of hydrogen-bond acceptors (Lipinski definition) is 6. The molecule has 5 nitrogen and oxygen atoms in total. The molecule has 0 radical (unpaired) electrons. The van der Waals surface area contributed by atoms with Crippen LogP contribution in [0.15, 0.2) is 58.2 Å². The van der Waals surface area contributed by atoms with E-state index in [1.807, 2.05) is 24.3 Å². The average Bonchev–Trinajstić information content (AvgIpc) is 3.10. The SMILES string of the molecule is Fc1ccc(CSc2nnc(C3COc4ccccc4O3)o2)cc1. The number of rotatable bonds is 4. The molecule has 1 atom stereocenters. The summed E-state index contributed by atoms with van der Waals surface area (Å²) in [7, 11) is 0. The van der Waals surface area contributed by atoms with Crippen LogP contribution in [0.5, 0.6) is 11.5 Å². The van der Waals surface area contributed by atoms with Gasteiger partial charge in [0, 0.05) is 5.75 Å². The van der Waals surface area contributed by atoms with E-state index in [4.69, 9.17) is 13.9 Å². The number of aromatic nitrogens is 2. The Balaban J connectivity index is 1.41. The highest BCUT2D eigenvalue weighted by atomic mass is 32.2. The summed E-state index contributed by atoms with van der Waals surface area (Å²) in [5, 5.41) is 8.49. The van der Waals surface area contributed by atoms with Crippen molar-refractivity contribution < 1.29 is 18.3 Å². The van der Waals surface area contributed by atoms with Gasteiger partial charge in [0.05, 0.1) is 0 Å². The van der Waals surface area contributed by atoms with Gasteiger partial charge in [0.1, 0.15) is 12.4 Å². The van der Waals surface area contributed by atoms with Crippen LogP contribution in [0.1, 0.15) is 17.6 Å². The molecular formula is C17H13FN2O3S. The Morgan fingerprint density at radius 3 is 2.67 bits per heavy atom. The van der Waals surface area contributed by atoms with Crippen molar-refractivity contribution in [1.82, 2.24) is 10.2 Å². The summed E-state index contributed by atoms with van der Waals surface area (Å²) in [6.07, 6.45) is -0.424. The Morgan fingerprint density at radius 1 is 1.04 bits per heavy atom. The minimum absolute atomic E-state index is 0.251. The molecule has 0 fully saturated rings. The second-order valence-electron chi connectivity index (χ2n) is 5.19. The Hall–Kier alpha value is -2.54. The van der Waals surface area contributed by atoms with Crippen LogP contribution in [0.25, 0.3) is 0 Å². The average molecular weight is 344 g/mol. The maximum atomic E-state index is 12.9. The van der Waals surface area contributed by atoms with Gasteiger partial charge in [-0.15, -0.1) is 10.2 Å². The highest BCUT2D eigenvalue weighted by Gasteiger charge is 2.27. The van der Waals surface area contributed by atoms with Gasteiger partial charge in [-0.1, -0.05) is 36.0 Å². The Morgan fingerprint density at radius 2 is 1.83 bits per heavy atom. The van der Waals surface area contributed by atoms with Crippen LogP contribution in [0.4, 0.5) is 4.39 Å². The lowest BCUT2D eigenvalue weighted by atomic mass is 10.2. The number of fused-ring (bicyclic) bond motifs is 1. The van der Waals surface area contributed by atoms with Crippen molar-refractivity contribution in [2.45, 2.75) is 17.1 Å². The van der Waals surface area contributed by atoms with E-state index in [1.165, 1.54) is 23.9 Å². The van der Waals surface area contributed by atoms with Gasteiger partial charge < -0.3 is 13.9 Å². The van der Waals surface area contributed by atoms with Crippen molar-refractivity contribution >= 4 is 11.8 Å². The number of hydrogen-bond donors (Lipinski definition) is 0. The van der Waals surface area contributed by atoms with Crippen LogP contribution in [0, 0.1) is 5.82 Å². The number of nitrogens with zero attached hydrogens (tertiary/aromatic N) is 2. The van der Waals surface area contributed by atoms with E-state index < -0.39 is 6.10 Å². The predicted molar refractivity (Wildman–Crippen MR) is 85.6 cm³/mol. The summed E-state index contributed by atoms with van der Waals surface area (Å²) in [4.78, 5) is 0. The fourth-order valence-electron chi connectivity index (χ4n) is 2.28. The third kappa shape index (κ3) is 3.21. The summed E-state index contributed by atoms with van der Waals surface area (Å²) < 4.78 is 30.0. The normalized spacial score (nSPS) is 16.1. The lowest BCUT2D eigenvalue weighted by Gasteiger charge is -2.23. The molecule has 3 aromatic rings. The topological polar surface area (TPSA) is 57.4 Å². The van der Waals surface area contributed by atoms with E-state index in [0.717, 1.165) is 5.56 Å². The standard InChI is InChI=1S/C17H13FN2O3S/c18-12-7-5-11(6-8-12)10-24-17-20-19-16(23-17)15-9-21-13-3-1-2-4-14(13)22-15/h1-8,15H,9-10H2. The molecule has 0 bridgehead atoms. The quantitative estimate of drug-likeness (QED) is 0.667. The van der Waals surface area contributed by atoms with Gasteiger partial charge >= 0.3 is 0 Å². The molecule has 0 saturated carbocycles. The second kappa shape index (κ2) is 6.52. The van der Waals surface area contributed by atoms with Crippen molar-refractivity contribution in [2.24, 2.45) is 0 Å². The molecule has 1 unspecified atom stereocenters. The number of halogens is 1. The zero-order chi connectivity index (χ0) is 16.4. The zero-order valence-electron chi connectivity index (χ0n) is 12.5. The number of benzene rings is 2. The van der Waals surface area contributed by atoms with Crippen LogP contribution in [0.2, 0.25) is 0 Å². The summed E-state index contributed by atoms with van der Waals surface area (Å²) in [5.74, 6) is 2.11. The van der Waals surface area contributed by atoms with Crippen LogP contribution in [-0.4, -0.2) is 16.8 Å². The first-order valence-electron chi connectivity index (χ1n) is 7.37. The second-order valence-corrected chi connectivity index (χ2v) is 6.11. The Kier molecular flexibility index (Phi) is 4.08. The molecule has 4 rings (SSSR count). The molecule has 1 aliphatic rings. The molecule has 1 aromatic heterocycles. The van der Waals surface area contributed by atoms with Crippen LogP contribution in [-0.2, 0) is 5.75 Å². The van der Waals surface area contributed by atoms with Gasteiger partial charge in [-0.05, 0) is 29.8 Å². The molecule has 1 aliphatic heterocycles. The molecule has 0 N–H and O–H groups in total. The molecule has 24 heavy (non-hydrogen) atoms. The van der Waals surface area contributed by atoms with E-state index in [-0.39, 0.29) is 5.82 Å². The molecule has 7 heteroatoms. The summed E-state index contributed by atoms with van der Waals surface area (Å²) in [5.41, 5.74) is 0.979. The Labute approximate surface area is 141 Å². The van der Waals surface area contributed by atoms with Crippen LogP contribution >= 0.6 is 11.8 Å². The predicted octanol–water partition coefficient (Wildman–Crippen LogP) is 4.01. The molecule has 0 saturated heterocycles. The van der Waals surface area contributed by atoms with Crippen LogP contribution in [0.3, 0.4) is 0 Å². The highest BCUT2D eigenvalue weighted by Crippen LogP contribution is 2.36. The molecule has 0 amide bonds. The van der Waals surface area contributed by atoms with Crippen molar-refractivity contribution in [3.8, 4) is 11.5 Å². The fourth-order valence-corrected chi connectivity index (χ4v) is 3.00. The number of thioether (sulfide) groups is 1. The third-order valence-electron chi connectivity index (χ3n) is 3.48. The largest absolute Gasteiger partial charge is 0.485 e. The Bertz CT molecular complexity index is 838. The van der Waals surface area contributed by atoms with E-state index in [1.54, 1.807) is 12.1 Å². The van der Waals surface area contributed by atoms with Gasteiger partial charge in [-0.2, -0.15) is 0 Å². The van der Waals surface area contributed by atoms with Crippen LogP contribution < -0.4 is 9.47 Å². The van der Waals surface area contributed by atoms with E-state index in [9.17, 15) is 4.39 Å². The summed E-state index contributed by atoms with van der Waals surface area (Å²) in [6.45, 7) is 0.321. The van der Waals surface area contributed by atoms with Crippen molar-refractivity contribution in [3.05, 3.63) is 65.8 Å². The monoisotopic (exact) mass is 344 g/mol. The lowest BCUT2D eigenvalue weighted by Crippen LogP contribution is -2.21. The number of para-hydroxylation sites is 2. The summed E-state index contributed by atoms with van der Waals surface area (Å²) >= 11 is 1.39. The molecule has 2 aromatic carbocycles. The van der Waals surface area contributed by atoms with Crippen molar-refractivity contribution in [2.75, 3.05) is 6.61 Å². The summed E-state index contributed by atoms with van der Waals surface area (Å²) in [6, 6.07) is 13.8. The van der Waals surface area contributed by atoms with Crippen molar-refractivity contribution in [1.29, 1.82) is 0 Å². The zero-order valence-corrected chi connectivity index (χ0v) is 13.3. The molecular weight excluding hydrogens is 331 g/mol. The third-order valence-corrected chi connectivity index (χ3v) is 4.37. The minimum Gasteiger partial charge on any atom is -0.485 e. The van der Waals surface area contributed by atoms with E-state index in [2.05, 4.69) is 10.2 Å².